The molecule has 408 valence electrons. The number of nitrogens with one attached hydrogen (secondary N) is 4. The van der Waals surface area contributed by atoms with Crippen LogP contribution >= 0.6 is 0 Å². The Kier molecular flexibility index (Phi) is 15.2. The van der Waals surface area contributed by atoms with E-state index in [-0.39, 0.29) is 36.3 Å². The minimum atomic E-state index is -4.57. The van der Waals surface area contributed by atoms with Crippen LogP contribution in [0.5, 0.6) is 0 Å². The van der Waals surface area contributed by atoms with E-state index in [1.165, 1.54) is 43.9 Å². The SMILES string of the molecule is Cc1ccc(Nc2ncc3c(n2)N(C)C(=O)N(c2cc(NC(=O)c4cccc(C(F)(F)F)c4)ccc2C)C3)cn1.Cc1ccc(Nc2ncc3c(n2)N(C)C(=O)N(c2cc(NC(=O)c4cccc(C(F)(F)F)c4)ccc2C)C3)cn1. The van der Waals surface area contributed by atoms with E-state index in [9.17, 15) is 45.5 Å². The number of aryl methyl sites for hydroxylation is 4. The van der Waals surface area contributed by atoms with Gasteiger partial charge in [-0.25, -0.2) is 19.6 Å². The normalized spacial score (nSPS) is 13.2. The van der Waals surface area contributed by atoms with E-state index in [1.807, 2.05) is 52.0 Å². The summed E-state index contributed by atoms with van der Waals surface area (Å²) in [5, 5.41) is 11.4. The van der Waals surface area contributed by atoms with Crippen molar-refractivity contribution in [2.45, 2.75) is 53.1 Å². The summed E-state index contributed by atoms with van der Waals surface area (Å²) in [5.41, 5.74) is 5.67. The van der Waals surface area contributed by atoms with Crippen LogP contribution in [0.15, 0.2) is 134 Å². The van der Waals surface area contributed by atoms with Crippen molar-refractivity contribution in [1.29, 1.82) is 0 Å². The van der Waals surface area contributed by atoms with Crippen molar-refractivity contribution in [2.75, 3.05) is 55.0 Å². The number of urea groups is 2. The predicted molar refractivity (Wildman–Crippen MR) is 290 cm³/mol. The highest BCUT2D eigenvalue weighted by molar-refractivity contribution is 6.09. The van der Waals surface area contributed by atoms with Gasteiger partial charge in [0.2, 0.25) is 11.9 Å². The van der Waals surface area contributed by atoms with Gasteiger partial charge in [0.25, 0.3) is 11.8 Å². The zero-order valence-corrected chi connectivity index (χ0v) is 43.5. The number of aromatic nitrogens is 6. The van der Waals surface area contributed by atoms with Crippen molar-refractivity contribution < 1.29 is 45.5 Å². The van der Waals surface area contributed by atoms with E-state index in [0.717, 1.165) is 46.8 Å². The van der Waals surface area contributed by atoms with Crippen molar-refractivity contribution in [3.63, 3.8) is 0 Å². The summed E-state index contributed by atoms with van der Waals surface area (Å²) in [6, 6.07) is 25.0. The number of rotatable bonds is 10. The van der Waals surface area contributed by atoms with Gasteiger partial charge < -0.3 is 21.3 Å². The lowest BCUT2D eigenvalue weighted by molar-refractivity contribution is -0.138. The third-order valence-corrected chi connectivity index (χ3v) is 12.8. The van der Waals surface area contributed by atoms with Gasteiger partial charge in [0.15, 0.2) is 0 Å². The fourth-order valence-corrected chi connectivity index (χ4v) is 8.49. The van der Waals surface area contributed by atoms with Gasteiger partial charge in [0, 0.05) is 71.5 Å². The summed E-state index contributed by atoms with van der Waals surface area (Å²) in [7, 11) is 3.21. The van der Waals surface area contributed by atoms with Crippen LogP contribution in [0.2, 0.25) is 0 Å². The van der Waals surface area contributed by atoms with Gasteiger partial charge in [-0.2, -0.15) is 36.3 Å². The highest BCUT2D eigenvalue weighted by Gasteiger charge is 2.35. The molecule has 0 saturated heterocycles. The molecule has 10 rings (SSSR count). The first-order valence-electron chi connectivity index (χ1n) is 24.4. The smallest absolute Gasteiger partial charge is 0.323 e. The van der Waals surface area contributed by atoms with Crippen LogP contribution in [0, 0.1) is 27.7 Å². The molecule has 24 heteroatoms. The second-order valence-electron chi connectivity index (χ2n) is 18.6. The Morgan fingerprint density at radius 1 is 0.487 bits per heavy atom. The lowest BCUT2D eigenvalue weighted by atomic mass is 10.1. The summed E-state index contributed by atoms with van der Waals surface area (Å²) in [6.07, 6.45) is -2.54. The number of hydrogen-bond donors (Lipinski definition) is 4. The lowest BCUT2D eigenvalue weighted by Crippen LogP contribution is -2.46. The van der Waals surface area contributed by atoms with Gasteiger partial charge in [0.05, 0.1) is 59.4 Å². The van der Waals surface area contributed by atoms with E-state index in [1.54, 1.807) is 75.3 Å². The highest BCUT2D eigenvalue weighted by Crippen LogP contribution is 2.37. The molecule has 80 heavy (non-hydrogen) atoms. The third-order valence-electron chi connectivity index (χ3n) is 12.8. The Morgan fingerprint density at radius 3 is 1.24 bits per heavy atom. The van der Waals surface area contributed by atoms with Crippen molar-refractivity contribution in [1.82, 2.24) is 29.9 Å². The monoisotopic (exact) mass is 1090 g/mol. The maximum absolute atomic E-state index is 13.4. The molecule has 8 aromatic rings. The third kappa shape index (κ3) is 12.2. The van der Waals surface area contributed by atoms with Crippen molar-refractivity contribution >= 4 is 81.5 Å². The quantitative estimate of drug-likeness (QED) is 0.0944. The minimum absolute atomic E-state index is 0.136. The number of nitrogens with zero attached hydrogens (tertiary/aromatic N) is 10. The van der Waals surface area contributed by atoms with Gasteiger partial charge in [-0.1, -0.05) is 24.3 Å². The van der Waals surface area contributed by atoms with Gasteiger partial charge in [-0.05, 0) is 124 Å². The number of anilines is 10. The van der Waals surface area contributed by atoms with Crippen LogP contribution in [0.25, 0.3) is 0 Å². The molecule has 0 saturated carbocycles. The second kappa shape index (κ2) is 22.2. The van der Waals surface area contributed by atoms with Crippen molar-refractivity contribution in [3.05, 3.63) is 190 Å². The first-order valence-corrected chi connectivity index (χ1v) is 24.4. The molecule has 0 unspecified atom stereocenters. The molecule has 18 nitrogen and oxygen atoms in total. The maximum atomic E-state index is 13.4. The molecule has 4 aromatic carbocycles. The molecule has 2 aliphatic heterocycles. The fourth-order valence-electron chi connectivity index (χ4n) is 8.49. The summed E-state index contributed by atoms with van der Waals surface area (Å²) in [5.74, 6) is 0.119. The Morgan fingerprint density at radius 2 is 0.875 bits per heavy atom. The standard InChI is InChI=1S/2C28H24F3N7O2/c2*1-16-7-9-21(34-25(39)18-5-4-6-20(11-18)28(29,30)31)12-23(16)38-15-19-13-33-26(36-24(19)37(3)27(38)40)35-22-10-8-17(2)32-14-22/h2*4-14H,15H2,1-3H3,(H,34,39)(H,33,35,36). The van der Waals surface area contributed by atoms with Crippen LogP contribution in [0.1, 0.15) is 65.5 Å². The number of alkyl halides is 6. The summed E-state index contributed by atoms with van der Waals surface area (Å²) in [4.78, 5) is 84.4. The average Bonchev–Trinajstić information content (AvgIpc) is 3.49. The zero-order chi connectivity index (χ0) is 57.2. The minimum Gasteiger partial charge on any atom is -0.323 e. The number of carbonyl (C=O) groups is 4. The first-order chi connectivity index (χ1) is 38.0. The fraction of sp³-hybridized carbons (Fsp3) is 0.179. The molecule has 6 heterocycles. The highest BCUT2D eigenvalue weighted by atomic mass is 19.4. The summed E-state index contributed by atoms with van der Waals surface area (Å²) >= 11 is 0. The van der Waals surface area contributed by atoms with E-state index in [2.05, 4.69) is 51.2 Å². The van der Waals surface area contributed by atoms with Crippen LogP contribution in [0.4, 0.5) is 93.6 Å². The number of fused-ring (bicyclic) bond motifs is 2. The first kappa shape index (κ1) is 54.8. The molecular formula is C56H48F6N14O4. The molecule has 0 bridgehead atoms. The van der Waals surface area contributed by atoms with E-state index in [0.29, 0.717) is 68.8 Å². The topological polar surface area (TPSA) is 207 Å². The second-order valence-corrected chi connectivity index (χ2v) is 18.6. The van der Waals surface area contributed by atoms with Crippen molar-refractivity contribution in [3.8, 4) is 0 Å². The summed E-state index contributed by atoms with van der Waals surface area (Å²) in [6.45, 7) is 7.75. The molecule has 4 aromatic heterocycles. The Bertz CT molecular complexity index is 3450. The lowest BCUT2D eigenvalue weighted by Gasteiger charge is -2.35. The van der Waals surface area contributed by atoms with Gasteiger partial charge >= 0.3 is 24.4 Å². The summed E-state index contributed by atoms with van der Waals surface area (Å²) < 4.78 is 78.5. The van der Waals surface area contributed by atoms with Gasteiger partial charge in [-0.15, -0.1) is 0 Å². The van der Waals surface area contributed by atoms with Gasteiger partial charge in [0.1, 0.15) is 11.6 Å². The van der Waals surface area contributed by atoms with E-state index >= 15 is 0 Å². The molecule has 4 N–H and O–H groups in total. The van der Waals surface area contributed by atoms with E-state index in [4.69, 9.17) is 0 Å². The number of pyridine rings is 2. The van der Waals surface area contributed by atoms with Crippen LogP contribution in [-0.2, 0) is 25.4 Å². The van der Waals surface area contributed by atoms with Crippen LogP contribution < -0.4 is 40.9 Å². The molecule has 6 amide bonds. The molecule has 0 fully saturated rings. The average molecular weight is 1100 g/mol. The Labute approximate surface area is 453 Å². The molecule has 0 spiro atoms. The number of amides is 6. The largest absolute Gasteiger partial charge is 0.416 e. The Hall–Kier alpha value is -10.0. The molecule has 0 atom stereocenters. The molecule has 0 aliphatic carbocycles. The van der Waals surface area contributed by atoms with Gasteiger partial charge in [-0.3, -0.25) is 39.2 Å². The number of hydrogen-bond acceptors (Lipinski definition) is 12. The molecule has 0 radical (unpaired) electrons. The van der Waals surface area contributed by atoms with Crippen molar-refractivity contribution in [2.24, 2.45) is 0 Å². The molecular weight excluding hydrogens is 1050 g/mol. The number of carbonyl (C=O) groups excluding carboxylic acids is 4. The predicted octanol–water partition coefficient (Wildman–Crippen LogP) is 12.2. The van der Waals surface area contributed by atoms with Crippen LogP contribution in [0.3, 0.4) is 0 Å². The maximum Gasteiger partial charge on any atom is 0.416 e. The number of halogens is 6. The Balaban J connectivity index is 0.000000194. The van der Waals surface area contributed by atoms with Crippen LogP contribution in [-0.4, -0.2) is 67.9 Å². The van der Waals surface area contributed by atoms with E-state index < -0.39 is 35.3 Å². The number of benzene rings is 4. The zero-order valence-electron chi connectivity index (χ0n) is 43.5. The molecule has 2 aliphatic rings.